The summed E-state index contributed by atoms with van der Waals surface area (Å²) in [5.74, 6) is 1.06. The zero-order valence-corrected chi connectivity index (χ0v) is 9.68. The number of nitrogens with one attached hydrogen (secondary N) is 1. The number of aliphatic imine (C=N–C) groups is 1. The topological polar surface area (TPSA) is 27.6 Å². The molecule has 1 aromatic rings. The molecule has 1 aromatic heterocycles. The average molecular weight is 221 g/mol. The Hall–Kier alpha value is -1.29. The molecule has 1 fully saturated rings. The molecule has 4 heteroatoms. The van der Waals surface area contributed by atoms with Gasteiger partial charge in [-0.15, -0.1) is 17.9 Å². The van der Waals surface area contributed by atoms with Crippen LogP contribution in [-0.2, 0) is 0 Å². The number of aryl methyl sites for hydroxylation is 1. The van der Waals surface area contributed by atoms with Crippen LogP contribution in [0.3, 0.4) is 0 Å². The number of amidine groups is 1. The van der Waals surface area contributed by atoms with Gasteiger partial charge in [-0.2, -0.15) is 0 Å². The van der Waals surface area contributed by atoms with E-state index < -0.39 is 0 Å². The fraction of sp³-hybridized carbons (Fsp3) is 0.364. The normalized spacial score (nSPS) is 18.2. The highest BCUT2D eigenvalue weighted by Crippen LogP contribution is 2.27. The molecule has 0 amide bonds. The third kappa shape index (κ3) is 2.21. The van der Waals surface area contributed by atoms with Crippen molar-refractivity contribution in [1.82, 2.24) is 5.43 Å². The van der Waals surface area contributed by atoms with Crippen LogP contribution >= 0.6 is 11.3 Å². The van der Waals surface area contributed by atoms with E-state index in [2.05, 4.69) is 40.4 Å². The third-order valence-electron chi connectivity index (χ3n) is 2.33. The number of hydrazine groups is 1. The second-order valence-corrected chi connectivity index (χ2v) is 4.39. The molecule has 1 aliphatic rings. The Labute approximate surface area is 94.1 Å². The summed E-state index contributed by atoms with van der Waals surface area (Å²) in [6.07, 6.45) is 2.80. The number of hydrogen-bond acceptors (Lipinski definition) is 3. The molecule has 0 unspecified atom stereocenters. The summed E-state index contributed by atoms with van der Waals surface area (Å²) in [5, 5.41) is 5.58. The van der Waals surface area contributed by atoms with Crippen molar-refractivity contribution in [2.75, 3.05) is 18.1 Å². The smallest absolute Gasteiger partial charge is 0.117 e. The SMILES string of the molecule is C=CCN=C1CCN(c2sccc2C)N1. The summed E-state index contributed by atoms with van der Waals surface area (Å²) in [6.45, 7) is 7.48. The molecule has 3 nitrogen and oxygen atoms in total. The highest BCUT2D eigenvalue weighted by atomic mass is 32.1. The molecule has 80 valence electrons. The van der Waals surface area contributed by atoms with Crippen LogP contribution in [0.15, 0.2) is 29.1 Å². The van der Waals surface area contributed by atoms with E-state index in [1.807, 2.05) is 6.08 Å². The largest absolute Gasteiger partial charge is 0.285 e. The van der Waals surface area contributed by atoms with Crippen LogP contribution in [0.2, 0.25) is 0 Å². The van der Waals surface area contributed by atoms with E-state index in [1.54, 1.807) is 11.3 Å². The van der Waals surface area contributed by atoms with Gasteiger partial charge in [0.2, 0.25) is 0 Å². The molecule has 0 aromatic carbocycles. The molecule has 1 saturated heterocycles. The van der Waals surface area contributed by atoms with Gasteiger partial charge < -0.3 is 0 Å². The minimum Gasteiger partial charge on any atom is -0.285 e. The highest BCUT2D eigenvalue weighted by Gasteiger charge is 2.19. The zero-order chi connectivity index (χ0) is 10.7. The molecular formula is C11H15N3S. The van der Waals surface area contributed by atoms with Crippen molar-refractivity contribution < 1.29 is 0 Å². The Morgan fingerprint density at radius 3 is 3.27 bits per heavy atom. The predicted molar refractivity (Wildman–Crippen MR) is 66.7 cm³/mol. The van der Waals surface area contributed by atoms with Crippen LogP contribution in [0, 0.1) is 6.92 Å². The van der Waals surface area contributed by atoms with Crippen molar-refractivity contribution in [3.63, 3.8) is 0 Å². The van der Waals surface area contributed by atoms with E-state index in [1.165, 1.54) is 10.6 Å². The Balaban J connectivity index is 2.04. The quantitative estimate of drug-likeness (QED) is 0.793. The molecule has 15 heavy (non-hydrogen) atoms. The van der Waals surface area contributed by atoms with Gasteiger partial charge >= 0.3 is 0 Å². The van der Waals surface area contributed by atoms with Gasteiger partial charge in [-0.3, -0.25) is 15.4 Å². The fourth-order valence-electron chi connectivity index (χ4n) is 1.57. The van der Waals surface area contributed by atoms with Gasteiger partial charge in [-0.1, -0.05) is 6.08 Å². The number of thiophene rings is 1. The first kappa shape index (κ1) is 10.2. The van der Waals surface area contributed by atoms with Gasteiger partial charge in [0, 0.05) is 13.0 Å². The van der Waals surface area contributed by atoms with Gasteiger partial charge in [-0.25, -0.2) is 0 Å². The standard InChI is InChI=1S/C11H15N3S/c1-3-6-12-10-4-7-14(13-10)11-9(2)5-8-15-11/h3,5,8H,1,4,6-7H2,2H3,(H,12,13). The Morgan fingerprint density at radius 1 is 1.73 bits per heavy atom. The van der Waals surface area contributed by atoms with Gasteiger partial charge in [-0.05, 0) is 23.9 Å². The first-order chi connectivity index (χ1) is 7.31. The summed E-state index contributed by atoms with van der Waals surface area (Å²) in [6, 6.07) is 2.14. The molecule has 0 radical (unpaired) electrons. The minimum atomic E-state index is 0.694. The van der Waals surface area contributed by atoms with E-state index in [4.69, 9.17) is 0 Å². The number of anilines is 1. The molecular weight excluding hydrogens is 206 g/mol. The minimum absolute atomic E-state index is 0.694. The maximum absolute atomic E-state index is 4.38. The maximum atomic E-state index is 4.38. The van der Waals surface area contributed by atoms with Gasteiger partial charge in [0.1, 0.15) is 10.8 Å². The molecule has 1 aliphatic heterocycles. The molecule has 0 atom stereocenters. The van der Waals surface area contributed by atoms with Gasteiger partial charge in [0.15, 0.2) is 0 Å². The number of nitrogens with zero attached hydrogens (tertiary/aromatic N) is 2. The molecule has 0 saturated carbocycles. The lowest BCUT2D eigenvalue weighted by molar-refractivity contribution is 0.864. The summed E-state index contributed by atoms with van der Waals surface area (Å²) in [7, 11) is 0. The van der Waals surface area contributed by atoms with Crippen molar-refractivity contribution in [2.45, 2.75) is 13.3 Å². The van der Waals surface area contributed by atoms with Crippen LogP contribution in [0.4, 0.5) is 5.00 Å². The van der Waals surface area contributed by atoms with Crippen molar-refractivity contribution in [3.05, 3.63) is 29.7 Å². The van der Waals surface area contributed by atoms with Crippen molar-refractivity contribution in [2.24, 2.45) is 4.99 Å². The first-order valence-electron chi connectivity index (χ1n) is 5.04. The molecule has 0 bridgehead atoms. The van der Waals surface area contributed by atoms with Gasteiger partial charge in [0.05, 0.1) is 6.54 Å². The summed E-state index contributed by atoms with van der Waals surface area (Å²) in [4.78, 5) is 4.38. The highest BCUT2D eigenvalue weighted by molar-refractivity contribution is 7.14. The monoisotopic (exact) mass is 221 g/mol. The predicted octanol–water partition coefficient (Wildman–Crippen LogP) is 2.36. The zero-order valence-electron chi connectivity index (χ0n) is 8.86. The van der Waals surface area contributed by atoms with Crippen LogP contribution in [0.1, 0.15) is 12.0 Å². The van der Waals surface area contributed by atoms with Crippen LogP contribution < -0.4 is 10.4 Å². The third-order valence-corrected chi connectivity index (χ3v) is 3.37. The van der Waals surface area contributed by atoms with Crippen molar-refractivity contribution in [1.29, 1.82) is 0 Å². The van der Waals surface area contributed by atoms with E-state index in [0.29, 0.717) is 6.54 Å². The number of hydrogen-bond donors (Lipinski definition) is 1. The first-order valence-corrected chi connectivity index (χ1v) is 5.91. The molecule has 2 rings (SSSR count). The summed E-state index contributed by atoms with van der Waals surface area (Å²) in [5.41, 5.74) is 4.63. The lowest BCUT2D eigenvalue weighted by atomic mass is 10.3. The molecule has 1 N–H and O–H groups in total. The van der Waals surface area contributed by atoms with Crippen molar-refractivity contribution in [3.8, 4) is 0 Å². The van der Waals surface area contributed by atoms with Crippen LogP contribution in [-0.4, -0.2) is 18.9 Å². The Bertz CT molecular complexity index is 381. The molecule has 0 aliphatic carbocycles. The number of rotatable bonds is 3. The van der Waals surface area contributed by atoms with Crippen LogP contribution in [0.25, 0.3) is 0 Å². The van der Waals surface area contributed by atoms with E-state index in [9.17, 15) is 0 Å². The average Bonchev–Trinajstić information content (AvgIpc) is 2.83. The molecule has 0 spiro atoms. The van der Waals surface area contributed by atoms with E-state index in [0.717, 1.165) is 18.8 Å². The van der Waals surface area contributed by atoms with Gasteiger partial charge in [0.25, 0.3) is 0 Å². The van der Waals surface area contributed by atoms with E-state index in [-0.39, 0.29) is 0 Å². The van der Waals surface area contributed by atoms with E-state index >= 15 is 0 Å². The second kappa shape index (κ2) is 4.49. The Morgan fingerprint density at radius 2 is 2.60 bits per heavy atom. The van der Waals surface area contributed by atoms with Crippen LogP contribution in [0.5, 0.6) is 0 Å². The Kier molecular flexibility index (Phi) is 3.06. The summed E-state index contributed by atoms with van der Waals surface area (Å²) >= 11 is 1.76. The molecule has 2 heterocycles. The maximum Gasteiger partial charge on any atom is 0.117 e. The fourth-order valence-corrected chi connectivity index (χ4v) is 2.49. The second-order valence-electron chi connectivity index (χ2n) is 3.50. The summed E-state index contributed by atoms with van der Waals surface area (Å²) < 4.78 is 0. The lowest BCUT2D eigenvalue weighted by Crippen LogP contribution is -2.32. The van der Waals surface area contributed by atoms with Crippen molar-refractivity contribution >= 4 is 22.2 Å². The lowest BCUT2D eigenvalue weighted by Gasteiger charge is -2.16.